The van der Waals surface area contributed by atoms with Gasteiger partial charge < -0.3 is 5.11 Å². The highest BCUT2D eigenvalue weighted by atomic mass is 32.2. The van der Waals surface area contributed by atoms with Crippen molar-refractivity contribution in [1.82, 2.24) is 0 Å². The number of hydrogen-bond acceptors (Lipinski definition) is 4. The van der Waals surface area contributed by atoms with Crippen LogP contribution >= 0.6 is 11.8 Å². The minimum absolute atomic E-state index is 0.0449. The second-order valence-electron chi connectivity index (χ2n) is 6.55. The lowest BCUT2D eigenvalue weighted by Crippen LogP contribution is -2.15. The minimum Gasteiger partial charge on any atom is -0.506 e. The van der Waals surface area contributed by atoms with Crippen molar-refractivity contribution in [3.05, 3.63) is 90.5 Å². The molecule has 0 spiro atoms. The lowest BCUT2D eigenvalue weighted by molar-refractivity contribution is -0.137. The molecule has 0 fully saturated rings. The smallest absolute Gasteiger partial charge is 0.416 e. The normalized spacial score (nSPS) is 11.7. The number of alkyl halides is 3. The molecule has 9 heteroatoms. The summed E-state index contributed by atoms with van der Waals surface area (Å²) >= 11 is 1.19. The second-order valence-corrected chi connectivity index (χ2v) is 9.35. The predicted molar refractivity (Wildman–Crippen MR) is 121 cm³/mol. The zero-order valence-electron chi connectivity index (χ0n) is 16.6. The number of anilines is 1. The van der Waals surface area contributed by atoms with E-state index in [1.54, 1.807) is 0 Å². The molecular formula is C23H18F3NO3S2. The standard InChI is InChI=1S/C23H18F3NO3S2/c1-3-18-19(4-2)22(28)21(31-16-10-6-5-7-11-16)14-20(18)27-32(29,30)17-12-8-9-15(13-17)23(24,25)26/h3-14,27-28H,1-2H2. The maximum atomic E-state index is 13.0. The molecule has 0 saturated heterocycles. The monoisotopic (exact) mass is 477 g/mol. The first-order valence-corrected chi connectivity index (χ1v) is 11.4. The topological polar surface area (TPSA) is 66.4 Å². The fourth-order valence-electron chi connectivity index (χ4n) is 2.93. The third-order valence-electron chi connectivity index (χ3n) is 4.44. The number of sulfonamides is 1. The van der Waals surface area contributed by atoms with Crippen LogP contribution < -0.4 is 4.72 Å². The van der Waals surface area contributed by atoms with E-state index in [4.69, 9.17) is 0 Å². The molecular weight excluding hydrogens is 459 g/mol. The summed E-state index contributed by atoms with van der Waals surface area (Å²) in [6.07, 6.45) is -2.01. The molecule has 166 valence electrons. The number of rotatable bonds is 7. The molecule has 0 aliphatic rings. The highest BCUT2D eigenvalue weighted by molar-refractivity contribution is 7.99. The first-order chi connectivity index (χ1) is 15.1. The molecule has 0 aliphatic heterocycles. The van der Waals surface area contributed by atoms with Crippen molar-refractivity contribution in [2.24, 2.45) is 0 Å². The average molecular weight is 478 g/mol. The molecule has 3 rings (SSSR count). The molecule has 0 aromatic heterocycles. The van der Waals surface area contributed by atoms with Gasteiger partial charge in [0.1, 0.15) is 5.75 Å². The molecule has 2 N–H and O–H groups in total. The molecule has 0 unspecified atom stereocenters. The maximum Gasteiger partial charge on any atom is 0.416 e. The molecule has 0 aliphatic carbocycles. The lowest BCUT2D eigenvalue weighted by Gasteiger charge is -2.17. The summed E-state index contributed by atoms with van der Waals surface area (Å²) in [5.74, 6) is -0.120. The van der Waals surface area contributed by atoms with E-state index in [9.17, 15) is 26.7 Å². The summed E-state index contributed by atoms with van der Waals surface area (Å²) in [6, 6.07) is 13.9. The van der Waals surface area contributed by atoms with Crippen molar-refractivity contribution in [2.75, 3.05) is 4.72 Å². The van der Waals surface area contributed by atoms with Crippen LogP contribution in [0.4, 0.5) is 18.9 Å². The van der Waals surface area contributed by atoms with Gasteiger partial charge in [0, 0.05) is 16.0 Å². The molecule has 3 aromatic rings. The Kier molecular flexibility index (Phi) is 6.71. The Morgan fingerprint density at radius 2 is 1.59 bits per heavy atom. The van der Waals surface area contributed by atoms with Crippen LogP contribution in [-0.4, -0.2) is 13.5 Å². The number of aromatic hydroxyl groups is 1. The van der Waals surface area contributed by atoms with Crippen LogP contribution in [0.5, 0.6) is 5.75 Å². The van der Waals surface area contributed by atoms with Gasteiger partial charge in [0.25, 0.3) is 10.0 Å². The Morgan fingerprint density at radius 1 is 0.938 bits per heavy atom. The number of phenolic OH excluding ortho intramolecular Hbond substituents is 1. The summed E-state index contributed by atoms with van der Waals surface area (Å²) in [5, 5.41) is 10.7. The van der Waals surface area contributed by atoms with Gasteiger partial charge in [-0.15, -0.1) is 0 Å². The minimum atomic E-state index is -4.69. The first-order valence-electron chi connectivity index (χ1n) is 9.14. The van der Waals surface area contributed by atoms with E-state index in [0.717, 1.165) is 23.1 Å². The largest absolute Gasteiger partial charge is 0.506 e. The summed E-state index contributed by atoms with van der Waals surface area (Å²) in [5.41, 5.74) is -0.557. The van der Waals surface area contributed by atoms with Crippen LogP contribution in [0.25, 0.3) is 12.2 Å². The predicted octanol–water partition coefficient (Wildman–Crippen LogP) is 6.65. The van der Waals surface area contributed by atoms with Gasteiger partial charge in [0.2, 0.25) is 0 Å². The third kappa shape index (κ3) is 5.00. The zero-order valence-corrected chi connectivity index (χ0v) is 18.2. The Morgan fingerprint density at radius 3 is 2.19 bits per heavy atom. The van der Waals surface area contributed by atoms with Gasteiger partial charge in [-0.05, 0) is 36.4 Å². The molecule has 4 nitrogen and oxygen atoms in total. The van der Waals surface area contributed by atoms with Crippen LogP contribution in [0, 0.1) is 0 Å². The van der Waals surface area contributed by atoms with E-state index in [1.165, 1.54) is 30.0 Å². The Bertz CT molecular complexity index is 1270. The highest BCUT2D eigenvalue weighted by Gasteiger charge is 2.32. The first kappa shape index (κ1) is 23.5. The SMILES string of the molecule is C=Cc1c(NS(=O)(=O)c2cccc(C(F)(F)F)c2)cc(Sc2ccccc2)c(O)c1C=C. The fourth-order valence-corrected chi connectivity index (χ4v) is 4.98. The molecule has 0 saturated carbocycles. The van der Waals surface area contributed by atoms with Gasteiger partial charge >= 0.3 is 6.18 Å². The molecule has 0 radical (unpaired) electrons. The van der Waals surface area contributed by atoms with Crippen molar-refractivity contribution in [3.63, 3.8) is 0 Å². The van der Waals surface area contributed by atoms with Crippen molar-refractivity contribution in [3.8, 4) is 5.75 Å². The summed E-state index contributed by atoms with van der Waals surface area (Å²) in [7, 11) is -4.38. The van der Waals surface area contributed by atoms with Crippen molar-refractivity contribution >= 4 is 39.6 Å². The molecule has 32 heavy (non-hydrogen) atoms. The van der Waals surface area contributed by atoms with Crippen LogP contribution in [0.1, 0.15) is 16.7 Å². The van der Waals surface area contributed by atoms with E-state index in [0.29, 0.717) is 11.0 Å². The van der Waals surface area contributed by atoms with E-state index in [-0.39, 0.29) is 22.6 Å². The highest BCUT2D eigenvalue weighted by Crippen LogP contribution is 2.42. The van der Waals surface area contributed by atoms with Gasteiger partial charge in [-0.25, -0.2) is 8.42 Å². The quantitative estimate of drug-likeness (QED) is 0.374. The number of halogens is 3. The summed E-state index contributed by atoms with van der Waals surface area (Å²) in [4.78, 5) is 0.571. The lowest BCUT2D eigenvalue weighted by atomic mass is 10.0. The van der Waals surface area contributed by atoms with E-state index in [2.05, 4.69) is 17.9 Å². The summed E-state index contributed by atoms with van der Waals surface area (Å²) in [6.45, 7) is 7.32. The van der Waals surface area contributed by atoms with E-state index >= 15 is 0 Å². The Hall–Kier alpha value is -3.17. The number of hydrogen-bond donors (Lipinski definition) is 2. The Balaban J connectivity index is 2.09. The van der Waals surface area contributed by atoms with Gasteiger partial charge in [-0.3, -0.25) is 4.72 Å². The second kappa shape index (κ2) is 9.13. The van der Waals surface area contributed by atoms with E-state index < -0.39 is 26.7 Å². The Labute approximate surface area is 188 Å². The van der Waals surface area contributed by atoms with Gasteiger partial charge in [-0.1, -0.05) is 61.3 Å². The molecule has 0 bridgehead atoms. The van der Waals surface area contributed by atoms with Crippen molar-refractivity contribution in [2.45, 2.75) is 20.9 Å². The average Bonchev–Trinajstić information content (AvgIpc) is 2.75. The molecule has 0 heterocycles. The zero-order chi connectivity index (χ0) is 23.5. The maximum absolute atomic E-state index is 13.0. The van der Waals surface area contributed by atoms with E-state index in [1.807, 2.05) is 30.3 Å². The van der Waals surface area contributed by atoms with Gasteiger partial charge in [0.15, 0.2) is 0 Å². The van der Waals surface area contributed by atoms with Crippen LogP contribution in [-0.2, 0) is 16.2 Å². The van der Waals surface area contributed by atoms with Crippen LogP contribution in [0.15, 0.2) is 88.5 Å². The van der Waals surface area contributed by atoms with Crippen LogP contribution in [0.3, 0.4) is 0 Å². The fraction of sp³-hybridized carbons (Fsp3) is 0.0435. The molecule has 3 aromatic carbocycles. The van der Waals surface area contributed by atoms with Gasteiger partial charge in [-0.2, -0.15) is 13.2 Å². The molecule has 0 atom stereocenters. The third-order valence-corrected chi connectivity index (χ3v) is 6.84. The number of phenols is 1. The van der Waals surface area contributed by atoms with Gasteiger partial charge in [0.05, 0.1) is 21.0 Å². The van der Waals surface area contributed by atoms with Crippen LogP contribution in [0.2, 0.25) is 0 Å². The number of nitrogens with one attached hydrogen (secondary N) is 1. The summed E-state index contributed by atoms with van der Waals surface area (Å²) < 4.78 is 67.2. The molecule has 0 amide bonds. The number of benzene rings is 3. The van der Waals surface area contributed by atoms with Crippen molar-refractivity contribution < 1.29 is 26.7 Å². The van der Waals surface area contributed by atoms with Crippen molar-refractivity contribution in [1.29, 1.82) is 0 Å².